The number of thioether (sulfide) groups is 1. The molecule has 2 aliphatic heterocycles. The number of fused-ring (bicyclic) bond motifs is 1. The topological polar surface area (TPSA) is 85.3 Å². The van der Waals surface area contributed by atoms with Crippen molar-refractivity contribution in [2.75, 3.05) is 30.1 Å². The lowest BCUT2D eigenvalue weighted by Crippen LogP contribution is -2.38. The number of aliphatic imine (C=N–C) groups is 1. The Morgan fingerprint density at radius 1 is 1.23 bits per heavy atom. The minimum atomic E-state index is -3.18. The molecule has 0 radical (unpaired) electrons. The van der Waals surface area contributed by atoms with Crippen LogP contribution in [-0.2, 0) is 14.6 Å². The van der Waals surface area contributed by atoms with E-state index in [9.17, 15) is 13.2 Å². The van der Waals surface area contributed by atoms with E-state index in [4.69, 9.17) is 21.1 Å². The van der Waals surface area contributed by atoms with Gasteiger partial charge in [-0.1, -0.05) is 41.6 Å². The molecule has 2 aliphatic rings. The third kappa shape index (κ3) is 4.43. The van der Waals surface area contributed by atoms with E-state index in [-0.39, 0.29) is 29.4 Å². The second-order valence-corrected chi connectivity index (χ2v) is 10.7. The van der Waals surface area contributed by atoms with Crippen molar-refractivity contribution >= 4 is 50.0 Å². The molecule has 1 amide bonds. The fourth-order valence-electron chi connectivity index (χ4n) is 3.50. The van der Waals surface area contributed by atoms with Crippen LogP contribution in [0.5, 0.6) is 11.5 Å². The second kappa shape index (κ2) is 8.49. The van der Waals surface area contributed by atoms with E-state index in [0.717, 1.165) is 0 Å². The maximum atomic E-state index is 12.5. The van der Waals surface area contributed by atoms with E-state index >= 15 is 0 Å². The zero-order valence-corrected chi connectivity index (χ0v) is 18.4. The molecule has 2 aromatic rings. The lowest BCUT2D eigenvalue weighted by molar-refractivity contribution is -0.119. The largest absolute Gasteiger partial charge is 0.495 e. The first-order valence-electron chi connectivity index (χ1n) is 9.15. The molecular formula is C20H19ClN2O5S2. The molecule has 158 valence electrons. The standard InChI is InChI=1S/C20H19ClN2O5S2/c1-27-17-8-7-13(21)9-15(17)23-16-11-30(25,26)12-18(16)29-20(23)22-19(24)10-28-14-5-3-2-4-6-14/h2-9,16,18H,10-12H2,1H3. The number of hydrogen-bond acceptors (Lipinski definition) is 6. The third-order valence-electron chi connectivity index (χ3n) is 4.79. The third-order valence-corrected chi connectivity index (χ3v) is 8.24. The average Bonchev–Trinajstić information content (AvgIpc) is 3.17. The average molecular weight is 467 g/mol. The van der Waals surface area contributed by atoms with E-state index in [1.54, 1.807) is 35.2 Å². The molecule has 2 unspecified atom stereocenters. The number of ether oxygens (including phenoxy) is 2. The fraction of sp³-hybridized carbons (Fsp3) is 0.300. The summed E-state index contributed by atoms with van der Waals surface area (Å²) >= 11 is 7.47. The van der Waals surface area contributed by atoms with Crippen LogP contribution in [0.15, 0.2) is 53.5 Å². The summed E-state index contributed by atoms with van der Waals surface area (Å²) in [5.74, 6) is 0.644. The maximum absolute atomic E-state index is 12.5. The number of para-hydroxylation sites is 1. The number of nitrogens with zero attached hydrogens (tertiary/aromatic N) is 2. The molecule has 0 saturated carbocycles. The zero-order chi connectivity index (χ0) is 21.3. The zero-order valence-electron chi connectivity index (χ0n) is 16.0. The molecule has 7 nitrogen and oxygen atoms in total. The molecule has 4 rings (SSSR count). The van der Waals surface area contributed by atoms with Crippen molar-refractivity contribution in [3.63, 3.8) is 0 Å². The number of carbonyl (C=O) groups is 1. The number of benzene rings is 2. The van der Waals surface area contributed by atoms with Crippen molar-refractivity contribution in [2.45, 2.75) is 11.3 Å². The summed E-state index contributed by atoms with van der Waals surface area (Å²) in [5, 5.41) is 0.667. The van der Waals surface area contributed by atoms with E-state index in [1.807, 2.05) is 18.2 Å². The van der Waals surface area contributed by atoms with Gasteiger partial charge in [0.1, 0.15) is 11.5 Å². The number of methoxy groups -OCH3 is 1. The first kappa shape index (κ1) is 21.0. The quantitative estimate of drug-likeness (QED) is 0.669. The summed E-state index contributed by atoms with van der Waals surface area (Å²) < 4.78 is 35.3. The van der Waals surface area contributed by atoms with Crippen molar-refractivity contribution in [1.82, 2.24) is 0 Å². The number of rotatable bonds is 5. The van der Waals surface area contributed by atoms with E-state index in [1.165, 1.54) is 18.9 Å². The number of hydrogen-bond donors (Lipinski definition) is 0. The monoisotopic (exact) mass is 466 g/mol. The Kier molecular flexibility index (Phi) is 5.95. The van der Waals surface area contributed by atoms with E-state index < -0.39 is 15.7 Å². The predicted molar refractivity (Wildman–Crippen MR) is 119 cm³/mol. The summed E-state index contributed by atoms with van der Waals surface area (Å²) in [5.41, 5.74) is 0.581. The normalized spacial score (nSPS) is 23.4. The van der Waals surface area contributed by atoms with Crippen LogP contribution < -0.4 is 14.4 Å². The number of carbonyl (C=O) groups excluding carboxylic acids is 1. The van der Waals surface area contributed by atoms with Crippen molar-refractivity contribution in [2.24, 2.45) is 4.99 Å². The van der Waals surface area contributed by atoms with Gasteiger partial charge >= 0.3 is 0 Å². The van der Waals surface area contributed by atoms with Crippen LogP contribution in [0, 0.1) is 0 Å². The molecule has 10 heteroatoms. The van der Waals surface area contributed by atoms with E-state index in [0.29, 0.717) is 27.4 Å². The van der Waals surface area contributed by atoms with Gasteiger partial charge in [0.2, 0.25) is 0 Å². The van der Waals surface area contributed by atoms with Gasteiger partial charge < -0.3 is 14.4 Å². The summed E-state index contributed by atoms with van der Waals surface area (Å²) in [6.45, 7) is -0.220. The molecule has 2 atom stereocenters. The molecule has 2 fully saturated rings. The highest BCUT2D eigenvalue weighted by Gasteiger charge is 2.50. The van der Waals surface area contributed by atoms with E-state index in [2.05, 4.69) is 4.99 Å². The van der Waals surface area contributed by atoms with Crippen molar-refractivity contribution in [3.8, 4) is 11.5 Å². The van der Waals surface area contributed by atoms with Crippen LogP contribution in [0.2, 0.25) is 5.02 Å². The highest BCUT2D eigenvalue weighted by Crippen LogP contribution is 2.44. The molecule has 0 spiro atoms. The highest BCUT2D eigenvalue weighted by atomic mass is 35.5. The van der Waals surface area contributed by atoms with Crippen molar-refractivity contribution in [3.05, 3.63) is 53.6 Å². The van der Waals surface area contributed by atoms with Crippen LogP contribution in [0.3, 0.4) is 0 Å². The molecular weight excluding hydrogens is 448 g/mol. The Morgan fingerprint density at radius 2 is 2.00 bits per heavy atom. The molecule has 30 heavy (non-hydrogen) atoms. The minimum absolute atomic E-state index is 0.0198. The molecule has 2 heterocycles. The Balaban J connectivity index is 1.64. The van der Waals surface area contributed by atoms with Crippen LogP contribution >= 0.6 is 23.4 Å². The molecule has 2 saturated heterocycles. The van der Waals surface area contributed by atoms with Crippen LogP contribution in [0.4, 0.5) is 5.69 Å². The van der Waals surface area contributed by atoms with Gasteiger partial charge in [-0.25, -0.2) is 8.42 Å². The van der Waals surface area contributed by atoms with Crippen LogP contribution in [0.1, 0.15) is 0 Å². The van der Waals surface area contributed by atoms with Gasteiger partial charge in [0, 0.05) is 10.3 Å². The minimum Gasteiger partial charge on any atom is -0.495 e. The fourth-order valence-corrected chi connectivity index (χ4v) is 7.59. The SMILES string of the molecule is COc1ccc(Cl)cc1N1C(=NC(=O)COc2ccccc2)SC2CS(=O)(=O)CC21. The lowest BCUT2D eigenvalue weighted by Gasteiger charge is -2.26. The molecule has 2 aromatic carbocycles. The number of halogens is 1. The van der Waals surface area contributed by atoms with Crippen LogP contribution in [0.25, 0.3) is 0 Å². The lowest BCUT2D eigenvalue weighted by atomic mass is 10.2. The summed E-state index contributed by atoms with van der Waals surface area (Å²) in [4.78, 5) is 18.5. The van der Waals surface area contributed by atoms with Gasteiger partial charge in [0.15, 0.2) is 21.6 Å². The van der Waals surface area contributed by atoms with Crippen molar-refractivity contribution < 1.29 is 22.7 Å². The van der Waals surface area contributed by atoms with Crippen molar-refractivity contribution in [1.29, 1.82) is 0 Å². The van der Waals surface area contributed by atoms with Gasteiger partial charge in [0.25, 0.3) is 5.91 Å². The Hall–Kier alpha value is -2.23. The molecule has 0 N–H and O–H groups in total. The van der Waals surface area contributed by atoms with Gasteiger partial charge in [-0.3, -0.25) is 4.79 Å². The first-order valence-corrected chi connectivity index (χ1v) is 12.2. The van der Waals surface area contributed by atoms with Gasteiger partial charge in [-0.2, -0.15) is 4.99 Å². The summed E-state index contributed by atoms with van der Waals surface area (Å²) in [6.07, 6.45) is 0. The maximum Gasteiger partial charge on any atom is 0.285 e. The first-order chi connectivity index (χ1) is 14.4. The second-order valence-electron chi connectivity index (χ2n) is 6.88. The molecule has 0 aliphatic carbocycles. The summed E-state index contributed by atoms with van der Waals surface area (Å²) in [7, 11) is -1.65. The summed E-state index contributed by atoms with van der Waals surface area (Å²) in [6, 6.07) is 13.7. The number of amides is 1. The molecule has 0 aromatic heterocycles. The Bertz CT molecular complexity index is 1090. The van der Waals surface area contributed by atoms with Gasteiger partial charge in [-0.15, -0.1) is 0 Å². The van der Waals surface area contributed by atoms with Gasteiger partial charge in [-0.05, 0) is 30.3 Å². The Morgan fingerprint density at radius 3 is 2.73 bits per heavy atom. The number of anilines is 1. The number of amidine groups is 1. The Labute approximate surface area is 183 Å². The highest BCUT2D eigenvalue weighted by molar-refractivity contribution is 8.16. The van der Waals surface area contributed by atoms with Crippen LogP contribution in [-0.4, -0.2) is 56.0 Å². The number of sulfone groups is 1. The smallest absolute Gasteiger partial charge is 0.285 e. The van der Waals surface area contributed by atoms with Gasteiger partial charge in [0.05, 0.1) is 30.3 Å². The molecule has 0 bridgehead atoms. The predicted octanol–water partition coefficient (Wildman–Crippen LogP) is 3.03.